The lowest BCUT2D eigenvalue weighted by Gasteiger charge is -2.18. The molecule has 1 saturated heterocycles. The van der Waals surface area contributed by atoms with Crippen molar-refractivity contribution in [3.63, 3.8) is 0 Å². The molecule has 0 aliphatic carbocycles. The molecule has 0 aromatic carbocycles. The average molecular weight is 313 g/mol. The molecule has 1 fully saturated rings. The van der Waals surface area contributed by atoms with E-state index < -0.39 is 21.8 Å². The minimum atomic E-state index is -5.17. The van der Waals surface area contributed by atoms with Crippen LogP contribution in [0.4, 0.5) is 3.89 Å². The molecule has 1 atom stereocenters. The molecule has 1 aromatic rings. The number of carbonyl (C=O) groups excluding carboxylic acids is 1. The minimum Gasteiger partial charge on any atom is -0.357 e. The summed E-state index contributed by atoms with van der Waals surface area (Å²) in [5.74, 6) is -0.797. The van der Waals surface area contributed by atoms with Crippen LogP contribution in [0.25, 0.3) is 0 Å². The maximum atomic E-state index is 12.4. The third kappa shape index (κ3) is 3.66. The molecule has 7 nitrogen and oxygen atoms in total. The molecule has 2 rings (SSSR count). The Kier molecular flexibility index (Phi) is 3.82. The Morgan fingerprint density at radius 2 is 2.29 bits per heavy atom. The summed E-state index contributed by atoms with van der Waals surface area (Å²) >= 11 is 0. The Morgan fingerprint density at radius 1 is 1.57 bits per heavy atom. The fourth-order valence-electron chi connectivity index (χ4n) is 2.10. The van der Waals surface area contributed by atoms with Gasteiger partial charge in [0.25, 0.3) is 5.91 Å². The molecule has 1 aromatic heterocycles. The third-order valence-corrected chi connectivity index (χ3v) is 3.58. The lowest BCUT2D eigenvalue weighted by Crippen LogP contribution is -2.30. The van der Waals surface area contributed by atoms with Crippen molar-refractivity contribution in [3.8, 4) is 11.8 Å². The van der Waals surface area contributed by atoms with Gasteiger partial charge in [-0.25, -0.2) is 0 Å². The number of hydrogen-bond acceptors (Lipinski definition) is 6. The summed E-state index contributed by atoms with van der Waals surface area (Å²) in [6.45, 7) is 2.44. The van der Waals surface area contributed by atoms with Crippen LogP contribution >= 0.6 is 0 Å². The largest absolute Gasteiger partial charge is 0.488 e. The van der Waals surface area contributed by atoms with Crippen LogP contribution in [0, 0.1) is 16.7 Å². The Labute approximate surface area is 121 Å². The van der Waals surface area contributed by atoms with Crippen LogP contribution in [-0.2, 0) is 10.5 Å². The van der Waals surface area contributed by atoms with E-state index in [4.69, 9.17) is 5.26 Å². The quantitative estimate of drug-likeness (QED) is 0.773. The molecule has 9 heteroatoms. The van der Waals surface area contributed by atoms with Gasteiger partial charge in [0, 0.05) is 19.3 Å². The van der Waals surface area contributed by atoms with Crippen molar-refractivity contribution >= 4 is 16.4 Å². The lowest BCUT2D eigenvalue weighted by molar-refractivity contribution is 0.0782. The molecule has 2 heterocycles. The van der Waals surface area contributed by atoms with E-state index in [-0.39, 0.29) is 17.9 Å². The van der Waals surface area contributed by atoms with Gasteiger partial charge >= 0.3 is 10.5 Å². The number of carbonyl (C=O) groups is 1. The van der Waals surface area contributed by atoms with Gasteiger partial charge in [-0.1, -0.05) is 3.89 Å². The van der Waals surface area contributed by atoms with Crippen LogP contribution in [0.3, 0.4) is 0 Å². The van der Waals surface area contributed by atoms with E-state index in [0.717, 1.165) is 12.3 Å². The number of aromatic nitrogens is 1. The highest BCUT2D eigenvalue weighted by molar-refractivity contribution is 7.81. The van der Waals surface area contributed by atoms with Crippen molar-refractivity contribution in [1.29, 1.82) is 5.26 Å². The van der Waals surface area contributed by atoms with Crippen LogP contribution in [0.5, 0.6) is 5.75 Å². The van der Waals surface area contributed by atoms with Crippen LogP contribution < -0.4 is 4.18 Å². The molecule has 1 amide bonds. The van der Waals surface area contributed by atoms with Crippen LogP contribution in [0.1, 0.15) is 23.7 Å². The van der Waals surface area contributed by atoms with Gasteiger partial charge in [-0.15, -0.1) is 0 Å². The lowest BCUT2D eigenvalue weighted by atomic mass is 9.92. The summed E-state index contributed by atoms with van der Waals surface area (Å²) in [7, 11) is -5.17. The normalized spacial score (nSPS) is 21.9. The Morgan fingerprint density at radius 3 is 2.86 bits per heavy atom. The summed E-state index contributed by atoms with van der Waals surface area (Å²) in [4.78, 5) is 17.4. The second kappa shape index (κ2) is 5.29. The van der Waals surface area contributed by atoms with E-state index in [9.17, 15) is 17.1 Å². The fraction of sp³-hybridized carbons (Fsp3) is 0.417. The van der Waals surface area contributed by atoms with Gasteiger partial charge < -0.3 is 9.08 Å². The zero-order chi connectivity index (χ0) is 15.7. The molecule has 0 bridgehead atoms. The number of pyridine rings is 1. The summed E-state index contributed by atoms with van der Waals surface area (Å²) in [6, 6.07) is 3.25. The van der Waals surface area contributed by atoms with Crippen molar-refractivity contribution in [1.82, 2.24) is 9.88 Å². The molecule has 0 radical (unpaired) electrons. The van der Waals surface area contributed by atoms with E-state index >= 15 is 0 Å². The van der Waals surface area contributed by atoms with Crippen molar-refractivity contribution in [2.45, 2.75) is 13.3 Å². The second-order valence-electron chi connectivity index (χ2n) is 5.03. The minimum absolute atomic E-state index is 0.0679. The summed E-state index contributed by atoms with van der Waals surface area (Å²) < 4.78 is 37.3. The van der Waals surface area contributed by atoms with Crippen molar-refractivity contribution in [2.75, 3.05) is 13.1 Å². The van der Waals surface area contributed by atoms with Gasteiger partial charge in [0.2, 0.25) is 0 Å². The van der Waals surface area contributed by atoms with Crippen molar-refractivity contribution in [2.24, 2.45) is 5.41 Å². The summed E-state index contributed by atoms with van der Waals surface area (Å²) in [6.07, 6.45) is 2.76. The first-order valence-electron chi connectivity index (χ1n) is 6.02. The summed E-state index contributed by atoms with van der Waals surface area (Å²) in [5.41, 5.74) is -0.530. The Balaban J connectivity index is 2.18. The number of rotatable bonds is 3. The van der Waals surface area contributed by atoms with Crippen LogP contribution in [0.15, 0.2) is 18.5 Å². The van der Waals surface area contributed by atoms with Crippen LogP contribution in [-0.4, -0.2) is 37.3 Å². The van der Waals surface area contributed by atoms with Gasteiger partial charge in [0.1, 0.15) is 0 Å². The first kappa shape index (κ1) is 15.2. The predicted molar refractivity (Wildman–Crippen MR) is 69.1 cm³/mol. The van der Waals surface area contributed by atoms with Gasteiger partial charge in [0.15, 0.2) is 5.75 Å². The fourth-order valence-corrected chi connectivity index (χ4v) is 2.43. The zero-order valence-corrected chi connectivity index (χ0v) is 11.9. The molecule has 1 aliphatic heterocycles. The predicted octanol–water partition coefficient (Wildman–Crippen LogP) is 1.05. The Bertz CT molecular complexity index is 715. The van der Waals surface area contributed by atoms with E-state index in [1.165, 1.54) is 11.1 Å². The number of nitriles is 1. The molecular weight excluding hydrogens is 301 g/mol. The standard InChI is InChI=1S/C12H12FN3O4S/c1-12(7-14)2-3-16(8-12)11(17)9-4-10(6-15-5-9)20-21(13,18)19/h4-6H,2-3,8H2,1H3. The number of amides is 1. The van der Waals surface area contributed by atoms with Gasteiger partial charge in [0.05, 0.1) is 23.2 Å². The number of likely N-dealkylation sites (tertiary alicyclic amines) is 1. The second-order valence-corrected chi connectivity index (χ2v) is 5.99. The smallest absolute Gasteiger partial charge is 0.357 e. The van der Waals surface area contributed by atoms with E-state index in [1.807, 2.05) is 0 Å². The average Bonchev–Trinajstić information content (AvgIpc) is 2.80. The molecule has 0 N–H and O–H groups in total. The number of hydrogen-bond donors (Lipinski definition) is 0. The topological polar surface area (TPSA) is 100 Å². The first-order valence-corrected chi connectivity index (χ1v) is 7.33. The molecule has 0 saturated carbocycles. The highest BCUT2D eigenvalue weighted by Crippen LogP contribution is 2.30. The van der Waals surface area contributed by atoms with E-state index in [1.54, 1.807) is 6.92 Å². The molecule has 0 spiro atoms. The highest BCUT2D eigenvalue weighted by Gasteiger charge is 2.36. The van der Waals surface area contributed by atoms with E-state index in [0.29, 0.717) is 13.0 Å². The van der Waals surface area contributed by atoms with Gasteiger partial charge in [-0.2, -0.15) is 13.7 Å². The maximum Gasteiger partial charge on any atom is 0.488 e. The van der Waals surface area contributed by atoms with Crippen molar-refractivity contribution < 1.29 is 21.3 Å². The van der Waals surface area contributed by atoms with Gasteiger partial charge in [-0.3, -0.25) is 9.78 Å². The number of nitrogens with zero attached hydrogens (tertiary/aromatic N) is 3. The zero-order valence-electron chi connectivity index (χ0n) is 11.1. The van der Waals surface area contributed by atoms with Crippen molar-refractivity contribution in [3.05, 3.63) is 24.0 Å². The first-order chi connectivity index (χ1) is 9.72. The monoisotopic (exact) mass is 313 g/mol. The maximum absolute atomic E-state index is 12.4. The molecule has 112 valence electrons. The van der Waals surface area contributed by atoms with Crippen LogP contribution in [0.2, 0.25) is 0 Å². The molecule has 1 unspecified atom stereocenters. The van der Waals surface area contributed by atoms with Gasteiger partial charge in [-0.05, 0) is 19.4 Å². The Hall–Kier alpha value is -2.21. The molecule has 1 aliphatic rings. The third-order valence-electron chi connectivity index (χ3n) is 3.19. The highest BCUT2D eigenvalue weighted by atomic mass is 32.3. The molecular formula is C12H12FN3O4S. The number of halogens is 1. The summed E-state index contributed by atoms with van der Waals surface area (Å²) in [5, 5.41) is 9.04. The molecule has 21 heavy (non-hydrogen) atoms. The SMILES string of the molecule is CC1(C#N)CCN(C(=O)c2cncc(OS(=O)(=O)F)c2)C1. The van der Waals surface area contributed by atoms with E-state index in [2.05, 4.69) is 15.2 Å².